The van der Waals surface area contributed by atoms with Crippen LogP contribution in [0.2, 0.25) is 5.02 Å². The molecule has 1 saturated heterocycles. The second-order valence-corrected chi connectivity index (χ2v) is 8.10. The van der Waals surface area contributed by atoms with E-state index in [0.29, 0.717) is 17.1 Å². The van der Waals surface area contributed by atoms with Crippen molar-refractivity contribution >= 4 is 40.6 Å². The van der Waals surface area contributed by atoms with Gasteiger partial charge in [0, 0.05) is 16.3 Å². The Morgan fingerprint density at radius 1 is 1.38 bits per heavy atom. The average molecular weight is 381 g/mol. The van der Waals surface area contributed by atoms with Gasteiger partial charge in [0.1, 0.15) is 0 Å². The molecule has 1 aromatic carbocycles. The number of halogens is 1. The van der Waals surface area contributed by atoms with Crippen LogP contribution in [0.4, 0.5) is 0 Å². The zero-order valence-corrected chi connectivity index (χ0v) is 16.0. The van der Waals surface area contributed by atoms with E-state index >= 15 is 0 Å². The quantitative estimate of drug-likeness (QED) is 0.738. The minimum atomic E-state index is -0.100. The molecule has 1 amide bonds. The average Bonchev–Trinajstić information content (AvgIpc) is 3.29. The Morgan fingerprint density at radius 2 is 2.17 bits per heavy atom. The van der Waals surface area contributed by atoms with E-state index in [2.05, 4.69) is 27.7 Å². The van der Waals surface area contributed by atoms with Crippen LogP contribution in [0.1, 0.15) is 34.1 Å². The van der Waals surface area contributed by atoms with Crippen molar-refractivity contribution in [1.82, 2.24) is 10.2 Å². The van der Waals surface area contributed by atoms with E-state index in [1.54, 1.807) is 29.2 Å². The highest BCUT2D eigenvalue weighted by Gasteiger charge is 2.25. The molecule has 0 saturated carbocycles. The van der Waals surface area contributed by atoms with E-state index in [1.807, 2.05) is 18.4 Å². The number of amides is 1. The minimum absolute atomic E-state index is 0.100. The minimum Gasteiger partial charge on any atom is -0.350 e. The van der Waals surface area contributed by atoms with Crippen LogP contribution < -0.4 is 5.32 Å². The van der Waals surface area contributed by atoms with Crippen LogP contribution in [0.5, 0.6) is 0 Å². The van der Waals surface area contributed by atoms with Gasteiger partial charge in [0.25, 0.3) is 5.91 Å². The van der Waals surface area contributed by atoms with E-state index in [0.717, 1.165) is 18.0 Å². The molecule has 1 fully saturated rings. The monoisotopic (exact) mass is 380 g/mol. The summed E-state index contributed by atoms with van der Waals surface area (Å²) in [6.07, 6.45) is 4.46. The number of thioether (sulfide) groups is 1. The Morgan fingerprint density at radius 3 is 2.83 bits per heavy atom. The summed E-state index contributed by atoms with van der Waals surface area (Å²) in [5, 5.41) is 5.68. The lowest BCUT2D eigenvalue weighted by Gasteiger charge is -2.27. The Bertz CT molecular complexity index is 684. The molecule has 1 atom stereocenters. The summed E-state index contributed by atoms with van der Waals surface area (Å²) >= 11 is 9.57. The standard InChI is InChI=1S/C18H21ClN2OS2/c1-23-13-6-7-15(19)14(11-13)18(22)20-12-16(17-5-4-10-24-17)21-8-2-3-9-21/h4-7,10-11,16H,2-3,8-9,12H2,1H3,(H,20,22). The lowest BCUT2D eigenvalue weighted by atomic mass is 10.1. The molecule has 0 bridgehead atoms. The molecule has 1 aliphatic rings. The summed E-state index contributed by atoms with van der Waals surface area (Å²) in [7, 11) is 0. The van der Waals surface area contributed by atoms with Gasteiger partial charge < -0.3 is 5.32 Å². The van der Waals surface area contributed by atoms with Crippen LogP contribution in [-0.2, 0) is 0 Å². The number of hydrogen-bond donors (Lipinski definition) is 1. The van der Waals surface area contributed by atoms with Gasteiger partial charge in [0.05, 0.1) is 16.6 Å². The highest BCUT2D eigenvalue weighted by molar-refractivity contribution is 7.98. The number of benzene rings is 1. The summed E-state index contributed by atoms with van der Waals surface area (Å²) in [4.78, 5) is 17.4. The maximum absolute atomic E-state index is 12.6. The molecule has 1 unspecified atom stereocenters. The first-order valence-corrected chi connectivity index (χ1v) is 10.6. The van der Waals surface area contributed by atoms with Gasteiger partial charge >= 0.3 is 0 Å². The topological polar surface area (TPSA) is 32.3 Å². The van der Waals surface area contributed by atoms with Gasteiger partial charge in [0.2, 0.25) is 0 Å². The van der Waals surface area contributed by atoms with Crippen molar-refractivity contribution in [1.29, 1.82) is 0 Å². The zero-order chi connectivity index (χ0) is 16.9. The van der Waals surface area contributed by atoms with E-state index < -0.39 is 0 Å². The molecule has 2 aromatic rings. The highest BCUT2D eigenvalue weighted by atomic mass is 35.5. The van der Waals surface area contributed by atoms with Crippen LogP contribution in [0, 0.1) is 0 Å². The van der Waals surface area contributed by atoms with E-state index in [1.165, 1.54) is 17.7 Å². The van der Waals surface area contributed by atoms with Crippen molar-refractivity contribution in [3.63, 3.8) is 0 Å². The number of nitrogens with one attached hydrogen (secondary N) is 1. The fourth-order valence-corrected chi connectivity index (χ4v) is 4.54. The fourth-order valence-electron chi connectivity index (χ4n) is 3.03. The second kappa shape index (κ2) is 8.39. The van der Waals surface area contributed by atoms with Crippen molar-refractivity contribution in [3.05, 3.63) is 51.2 Å². The van der Waals surface area contributed by atoms with Crippen molar-refractivity contribution in [3.8, 4) is 0 Å². The molecule has 3 nitrogen and oxygen atoms in total. The molecule has 3 rings (SSSR count). The lowest BCUT2D eigenvalue weighted by Crippen LogP contribution is -2.36. The predicted octanol–water partition coefficient (Wildman–Crippen LogP) is 4.69. The predicted molar refractivity (Wildman–Crippen MR) is 103 cm³/mol. The smallest absolute Gasteiger partial charge is 0.252 e. The van der Waals surface area contributed by atoms with Crippen LogP contribution in [0.3, 0.4) is 0 Å². The summed E-state index contributed by atoms with van der Waals surface area (Å²) in [6, 6.07) is 10.1. The maximum atomic E-state index is 12.6. The molecule has 1 N–H and O–H groups in total. The highest BCUT2D eigenvalue weighted by Crippen LogP contribution is 2.28. The van der Waals surface area contributed by atoms with Gasteiger partial charge in [-0.05, 0) is 61.8 Å². The van der Waals surface area contributed by atoms with Gasteiger partial charge in [-0.15, -0.1) is 23.1 Å². The Labute approximate surface area is 156 Å². The number of hydrogen-bond acceptors (Lipinski definition) is 4. The molecule has 6 heteroatoms. The Kier molecular flexibility index (Phi) is 6.22. The van der Waals surface area contributed by atoms with Crippen molar-refractivity contribution in [2.75, 3.05) is 25.9 Å². The van der Waals surface area contributed by atoms with E-state index in [9.17, 15) is 4.79 Å². The molecule has 1 aliphatic heterocycles. The number of rotatable bonds is 6. The molecule has 24 heavy (non-hydrogen) atoms. The van der Waals surface area contributed by atoms with Crippen LogP contribution >= 0.6 is 34.7 Å². The van der Waals surface area contributed by atoms with Gasteiger partial charge in [-0.25, -0.2) is 0 Å². The summed E-state index contributed by atoms with van der Waals surface area (Å²) in [5.74, 6) is -0.100. The first-order valence-electron chi connectivity index (χ1n) is 8.08. The first kappa shape index (κ1) is 17.8. The number of likely N-dealkylation sites (tertiary alicyclic amines) is 1. The van der Waals surface area contributed by atoms with Gasteiger partial charge in [-0.1, -0.05) is 17.7 Å². The number of carbonyl (C=O) groups excluding carboxylic acids is 1. The molecule has 2 heterocycles. The third kappa shape index (κ3) is 4.14. The number of thiophene rings is 1. The lowest BCUT2D eigenvalue weighted by molar-refractivity contribution is 0.0938. The second-order valence-electron chi connectivity index (χ2n) is 5.83. The zero-order valence-electron chi connectivity index (χ0n) is 13.6. The van der Waals surface area contributed by atoms with Crippen LogP contribution in [0.25, 0.3) is 0 Å². The molecule has 1 aromatic heterocycles. The third-order valence-electron chi connectivity index (χ3n) is 4.33. The molecule has 0 spiro atoms. The molecular formula is C18H21ClN2OS2. The van der Waals surface area contributed by atoms with Gasteiger partial charge in [0.15, 0.2) is 0 Å². The van der Waals surface area contributed by atoms with Crippen molar-refractivity contribution in [2.24, 2.45) is 0 Å². The number of nitrogens with zero attached hydrogens (tertiary/aromatic N) is 1. The molecular weight excluding hydrogens is 360 g/mol. The van der Waals surface area contributed by atoms with Crippen LogP contribution in [-0.4, -0.2) is 36.7 Å². The number of carbonyl (C=O) groups is 1. The van der Waals surface area contributed by atoms with Crippen molar-refractivity contribution < 1.29 is 4.79 Å². The van der Waals surface area contributed by atoms with E-state index in [-0.39, 0.29) is 11.9 Å². The van der Waals surface area contributed by atoms with Crippen LogP contribution in [0.15, 0.2) is 40.6 Å². The summed E-state index contributed by atoms with van der Waals surface area (Å²) in [6.45, 7) is 2.81. The van der Waals surface area contributed by atoms with E-state index in [4.69, 9.17) is 11.6 Å². The molecule has 0 aliphatic carbocycles. The maximum Gasteiger partial charge on any atom is 0.252 e. The largest absolute Gasteiger partial charge is 0.350 e. The molecule has 128 valence electrons. The Balaban J connectivity index is 1.71. The summed E-state index contributed by atoms with van der Waals surface area (Å²) in [5.41, 5.74) is 0.551. The Hall–Kier alpha value is -1.01. The fraction of sp³-hybridized carbons (Fsp3) is 0.389. The van der Waals surface area contributed by atoms with Gasteiger partial charge in [-0.2, -0.15) is 0 Å². The first-order chi connectivity index (χ1) is 11.7. The van der Waals surface area contributed by atoms with Gasteiger partial charge in [-0.3, -0.25) is 9.69 Å². The third-order valence-corrected chi connectivity index (χ3v) is 6.36. The van der Waals surface area contributed by atoms with Crippen molar-refractivity contribution in [2.45, 2.75) is 23.8 Å². The SMILES string of the molecule is CSc1ccc(Cl)c(C(=O)NCC(c2cccs2)N2CCCC2)c1. The normalized spacial score (nSPS) is 16.2. The summed E-state index contributed by atoms with van der Waals surface area (Å²) < 4.78 is 0. The molecule has 0 radical (unpaired) electrons.